The number of hydrogen-bond acceptors (Lipinski definition) is 5. The Morgan fingerprint density at radius 2 is 2.17 bits per heavy atom. The first-order valence-electron chi connectivity index (χ1n) is 6.03. The molecule has 1 N–H and O–H groups in total. The maximum absolute atomic E-state index is 10.1. The van der Waals surface area contributed by atoms with E-state index in [4.69, 9.17) is 14.2 Å². The van der Waals surface area contributed by atoms with Gasteiger partial charge in [-0.15, -0.1) is 0 Å². The van der Waals surface area contributed by atoms with Crippen molar-refractivity contribution >= 4 is 0 Å². The third-order valence-corrected chi connectivity index (χ3v) is 2.96. The second-order valence-electron chi connectivity index (χ2n) is 4.38. The molecule has 0 aromatic carbocycles. The monoisotopic (exact) mass is 257 g/mol. The first kappa shape index (κ1) is 15.2. The van der Waals surface area contributed by atoms with Crippen molar-refractivity contribution in [2.24, 2.45) is 0 Å². The Labute approximate surface area is 109 Å². The minimum Gasteiger partial charge on any atom is -0.388 e. The van der Waals surface area contributed by atoms with Crippen LogP contribution in [-0.4, -0.2) is 54.9 Å². The predicted molar refractivity (Wildman–Crippen MR) is 68.8 cm³/mol. The molecule has 2 unspecified atom stereocenters. The van der Waals surface area contributed by atoms with Crippen molar-refractivity contribution in [3.05, 3.63) is 25.1 Å². The van der Waals surface area contributed by atoms with Gasteiger partial charge in [-0.05, 0) is 20.0 Å². The van der Waals surface area contributed by atoms with E-state index >= 15 is 0 Å². The molecule has 5 heteroatoms. The van der Waals surface area contributed by atoms with Gasteiger partial charge in [0, 0.05) is 12.8 Å². The van der Waals surface area contributed by atoms with Gasteiger partial charge < -0.3 is 24.2 Å². The second-order valence-corrected chi connectivity index (χ2v) is 4.38. The fraction of sp³-hybridized carbons (Fsp3) is 0.692. The molecule has 1 saturated heterocycles. The van der Waals surface area contributed by atoms with Gasteiger partial charge >= 0.3 is 0 Å². The summed E-state index contributed by atoms with van der Waals surface area (Å²) in [4.78, 5) is 1.77. The molecule has 0 aromatic rings. The number of methoxy groups -OCH3 is 1. The first-order valence-corrected chi connectivity index (χ1v) is 6.03. The van der Waals surface area contributed by atoms with Crippen LogP contribution in [0, 0.1) is 0 Å². The van der Waals surface area contributed by atoms with E-state index < -0.39 is 18.4 Å². The van der Waals surface area contributed by atoms with Gasteiger partial charge in [0.2, 0.25) is 0 Å². The van der Waals surface area contributed by atoms with Crippen LogP contribution in [0.15, 0.2) is 25.1 Å². The van der Waals surface area contributed by atoms with E-state index in [-0.39, 0.29) is 6.10 Å². The molecule has 0 spiro atoms. The molecule has 0 radical (unpaired) electrons. The Bertz CT molecular complexity index is 295. The quantitative estimate of drug-likeness (QED) is 0.692. The summed E-state index contributed by atoms with van der Waals surface area (Å²) in [5.74, 6) is 0. The summed E-state index contributed by atoms with van der Waals surface area (Å²) in [7, 11) is 1.61. The zero-order valence-electron chi connectivity index (χ0n) is 11.3. The lowest BCUT2D eigenvalue weighted by atomic mass is 10.1. The van der Waals surface area contributed by atoms with Crippen LogP contribution in [-0.2, 0) is 14.2 Å². The summed E-state index contributed by atoms with van der Waals surface area (Å²) in [6, 6.07) is 0. The van der Waals surface area contributed by atoms with Gasteiger partial charge in [0.15, 0.2) is 6.23 Å². The Hall–Kier alpha value is -0.880. The Morgan fingerprint density at radius 1 is 1.50 bits per heavy atom. The summed E-state index contributed by atoms with van der Waals surface area (Å²) >= 11 is 0. The molecule has 1 rings (SSSR count). The molecule has 104 valence electrons. The van der Waals surface area contributed by atoms with E-state index in [0.29, 0.717) is 13.2 Å². The average Bonchev–Trinajstić information content (AvgIpc) is 2.58. The highest BCUT2D eigenvalue weighted by molar-refractivity contribution is 5.02. The molecule has 0 bridgehead atoms. The molecule has 18 heavy (non-hydrogen) atoms. The minimum absolute atomic E-state index is 0.288. The Balaban J connectivity index is 2.73. The van der Waals surface area contributed by atoms with Gasteiger partial charge in [-0.3, -0.25) is 0 Å². The Morgan fingerprint density at radius 3 is 2.67 bits per heavy atom. The van der Waals surface area contributed by atoms with E-state index in [1.54, 1.807) is 18.2 Å². The Kier molecular flexibility index (Phi) is 5.81. The molecule has 4 atom stereocenters. The number of aliphatic hydroxyl groups is 1. The van der Waals surface area contributed by atoms with Crippen LogP contribution in [0.4, 0.5) is 0 Å². The molecule has 0 aromatic heterocycles. The van der Waals surface area contributed by atoms with Crippen molar-refractivity contribution in [3.8, 4) is 0 Å². The molecule has 0 amide bonds. The fourth-order valence-electron chi connectivity index (χ4n) is 1.96. The van der Waals surface area contributed by atoms with Gasteiger partial charge in [-0.1, -0.05) is 13.2 Å². The van der Waals surface area contributed by atoms with Crippen LogP contribution in [0.3, 0.4) is 0 Å². The summed E-state index contributed by atoms with van der Waals surface area (Å²) < 4.78 is 16.3. The van der Waals surface area contributed by atoms with Crippen LogP contribution < -0.4 is 0 Å². The molecule has 0 aliphatic carbocycles. The molecular formula is C13H23NO4. The standard InChI is InChI=1S/C13H23NO4/c1-6-14(9(2)3)13-12(17-8-7-16-5)11(15)10(4)18-13/h6,10-13,15H,1-2,7-8H2,3-5H3/t10-,11?,12?,13-/m1/s1. The van der Waals surface area contributed by atoms with Crippen molar-refractivity contribution < 1.29 is 19.3 Å². The highest BCUT2D eigenvalue weighted by Gasteiger charge is 2.44. The maximum Gasteiger partial charge on any atom is 0.163 e. The lowest BCUT2D eigenvalue weighted by Crippen LogP contribution is -2.42. The van der Waals surface area contributed by atoms with Crippen molar-refractivity contribution in [3.63, 3.8) is 0 Å². The molecular weight excluding hydrogens is 234 g/mol. The molecule has 1 fully saturated rings. The average molecular weight is 257 g/mol. The number of rotatable bonds is 7. The van der Waals surface area contributed by atoms with E-state index in [1.165, 1.54) is 0 Å². The fourth-order valence-corrected chi connectivity index (χ4v) is 1.96. The molecule has 0 saturated carbocycles. The third kappa shape index (κ3) is 3.32. The van der Waals surface area contributed by atoms with Crippen molar-refractivity contribution in [2.75, 3.05) is 20.3 Å². The van der Waals surface area contributed by atoms with Gasteiger partial charge in [0.1, 0.15) is 12.2 Å². The third-order valence-electron chi connectivity index (χ3n) is 2.96. The molecule has 5 nitrogen and oxygen atoms in total. The molecule has 1 aliphatic rings. The smallest absolute Gasteiger partial charge is 0.163 e. The number of nitrogens with zero attached hydrogens (tertiary/aromatic N) is 1. The maximum atomic E-state index is 10.1. The van der Waals surface area contributed by atoms with Gasteiger partial charge in [0.05, 0.1) is 19.3 Å². The van der Waals surface area contributed by atoms with Crippen LogP contribution in [0.5, 0.6) is 0 Å². The summed E-state index contributed by atoms with van der Waals surface area (Å²) in [5.41, 5.74) is 0.789. The highest BCUT2D eigenvalue weighted by Crippen LogP contribution is 2.28. The zero-order valence-corrected chi connectivity index (χ0v) is 11.3. The largest absolute Gasteiger partial charge is 0.388 e. The molecule has 1 heterocycles. The SMILES string of the molecule is C=CN(C(=C)C)[C@@H]1O[C@H](C)C(O)C1OCCOC. The number of ether oxygens (including phenoxy) is 3. The summed E-state index contributed by atoms with van der Waals surface area (Å²) in [6.45, 7) is 12.2. The number of hydrogen-bond donors (Lipinski definition) is 1. The topological polar surface area (TPSA) is 51.2 Å². The normalized spacial score (nSPS) is 31.3. The van der Waals surface area contributed by atoms with E-state index in [0.717, 1.165) is 5.70 Å². The van der Waals surface area contributed by atoms with Crippen molar-refractivity contribution in [1.29, 1.82) is 0 Å². The van der Waals surface area contributed by atoms with Crippen molar-refractivity contribution in [1.82, 2.24) is 4.90 Å². The number of allylic oxidation sites excluding steroid dienone is 1. The van der Waals surface area contributed by atoms with Gasteiger partial charge in [-0.25, -0.2) is 0 Å². The van der Waals surface area contributed by atoms with Crippen LogP contribution >= 0.6 is 0 Å². The van der Waals surface area contributed by atoms with E-state index in [1.807, 2.05) is 13.8 Å². The zero-order chi connectivity index (χ0) is 13.7. The highest BCUT2D eigenvalue weighted by atomic mass is 16.6. The predicted octanol–water partition coefficient (Wildman–Crippen LogP) is 1.10. The van der Waals surface area contributed by atoms with Crippen LogP contribution in [0.25, 0.3) is 0 Å². The lowest BCUT2D eigenvalue weighted by Gasteiger charge is -2.31. The lowest BCUT2D eigenvalue weighted by molar-refractivity contribution is -0.0890. The summed E-state index contributed by atoms with van der Waals surface area (Å²) in [6.07, 6.45) is -0.172. The van der Waals surface area contributed by atoms with Crippen LogP contribution in [0.1, 0.15) is 13.8 Å². The minimum atomic E-state index is -0.673. The van der Waals surface area contributed by atoms with Gasteiger partial charge in [-0.2, -0.15) is 0 Å². The first-order chi connectivity index (χ1) is 8.52. The van der Waals surface area contributed by atoms with Crippen LogP contribution in [0.2, 0.25) is 0 Å². The van der Waals surface area contributed by atoms with E-state index in [9.17, 15) is 5.11 Å². The second kappa shape index (κ2) is 6.89. The van der Waals surface area contributed by atoms with Crippen molar-refractivity contribution in [2.45, 2.75) is 38.4 Å². The van der Waals surface area contributed by atoms with E-state index in [2.05, 4.69) is 13.2 Å². The summed E-state index contributed by atoms with van der Waals surface area (Å²) in [5, 5.41) is 10.1. The number of aliphatic hydroxyl groups excluding tert-OH is 1. The molecule has 1 aliphatic heterocycles. The van der Waals surface area contributed by atoms with Gasteiger partial charge in [0.25, 0.3) is 0 Å².